The molecule has 1 unspecified atom stereocenters. The second-order valence-corrected chi connectivity index (χ2v) is 5.04. The van der Waals surface area contributed by atoms with E-state index in [1.165, 1.54) is 0 Å². The van der Waals surface area contributed by atoms with E-state index in [0.717, 1.165) is 13.0 Å². The Morgan fingerprint density at radius 1 is 1.36 bits per heavy atom. The third-order valence-electron chi connectivity index (χ3n) is 1.96. The van der Waals surface area contributed by atoms with Crippen LogP contribution in [-0.4, -0.2) is 25.0 Å². The average Bonchev–Trinajstić information content (AvgIpc) is 2.01. The van der Waals surface area contributed by atoms with E-state index >= 15 is 0 Å². The SMILES string of the molecule is CCC(C)NC(=O)CNCC(C)(C)C. The van der Waals surface area contributed by atoms with Gasteiger partial charge in [0.05, 0.1) is 6.54 Å². The van der Waals surface area contributed by atoms with Crippen LogP contribution in [0.15, 0.2) is 0 Å². The number of carbonyl (C=O) groups excluding carboxylic acids is 1. The standard InChI is InChI=1S/C11H24N2O/c1-6-9(2)13-10(14)7-12-8-11(3,4)5/h9,12H,6-8H2,1-5H3,(H,13,14). The predicted octanol–water partition coefficient (Wildman–Crippen LogP) is 1.54. The maximum absolute atomic E-state index is 11.3. The highest BCUT2D eigenvalue weighted by Gasteiger charge is 2.10. The van der Waals surface area contributed by atoms with E-state index in [-0.39, 0.29) is 17.4 Å². The average molecular weight is 200 g/mol. The zero-order valence-electron chi connectivity index (χ0n) is 10.1. The summed E-state index contributed by atoms with van der Waals surface area (Å²) in [6.45, 7) is 11.8. The highest BCUT2D eigenvalue weighted by Crippen LogP contribution is 2.09. The minimum absolute atomic E-state index is 0.0867. The van der Waals surface area contributed by atoms with E-state index in [9.17, 15) is 4.79 Å². The lowest BCUT2D eigenvalue weighted by Gasteiger charge is -2.19. The highest BCUT2D eigenvalue weighted by atomic mass is 16.1. The van der Waals surface area contributed by atoms with Gasteiger partial charge < -0.3 is 10.6 Å². The molecule has 84 valence electrons. The summed E-state index contributed by atoms with van der Waals surface area (Å²) in [4.78, 5) is 11.3. The van der Waals surface area contributed by atoms with Crippen molar-refractivity contribution in [2.24, 2.45) is 5.41 Å². The molecule has 3 heteroatoms. The van der Waals surface area contributed by atoms with Crippen molar-refractivity contribution < 1.29 is 4.79 Å². The zero-order chi connectivity index (χ0) is 11.2. The summed E-state index contributed by atoms with van der Waals surface area (Å²) >= 11 is 0. The summed E-state index contributed by atoms with van der Waals surface area (Å²) in [5, 5.41) is 6.06. The molecule has 2 N–H and O–H groups in total. The fraction of sp³-hybridized carbons (Fsp3) is 0.909. The molecule has 0 aromatic carbocycles. The number of nitrogens with one attached hydrogen (secondary N) is 2. The van der Waals surface area contributed by atoms with Crippen LogP contribution in [-0.2, 0) is 4.79 Å². The van der Waals surface area contributed by atoms with Gasteiger partial charge in [0.1, 0.15) is 0 Å². The van der Waals surface area contributed by atoms with Gasteiger partial charge in [-0.1, -0.05) is 27.7 Å². The van der Waals surface area contributed by atoms with E-state index in [4.69, 9.17) is 0 Å². The summed E-state index contributed by atoms with van der Waals surface area (Å²) in [5.41, 5.74) is 0.233. The van der Waals surface area contributed by atoms with Gasteiger partial charge in [-0.05, 0) is 18.8 Å². The van der Waals surface area contributed by atoms with Crippen molar-refractivity contribution in [1.29, 1.82) is 0 Å². The third-order valence-corrected chi connectivity index (χ3v) is 1.96. The van der Waals surface area contributed by atoms with Crippen LogP contribution in [0.25, 0.3) is 0 Å². The third kappa shape index (κ3) is 8.05. The fourth-order valence-corrected chi connectivity index (χ4v) is 0.979. The Balaban J connectivity index is 3.55. The van der Waals surface area contributed by atoms with Crippen molar-refractivity contribution in [3.8, 4) is 0 Å². The first-order valence-corrected chi connectivity index (χ1v) is 5.35. The summed E-state index contributed by atoms with van der Waals surface area (Å²) in [5.74, 6) is 0.0867. The lowest BCUT2D eigenvalue weighted by atomic mass is 9.97. The van der Waals surface area contributed by atoms with Crippen LogP contribution in [0.2, 0.25) is 0 Å². The normalized spacial score (nSPS) is 13.8. The van der Waals surface area contributed by atoms with Gasteiger partial charge >= 0.3 is 0 Å². The zero-order valence-corrected chi connectivity index (χ0v) is 10.1. The molecule has 0 bridgehead atoms. The summed E-state index contributed by atoms with van der Waals surface area (Å²) < 4.78 is 0. The van der Waals surface area contributed by atoms with Gasteiger partial charge in [0, 0.05) is 12.6 Å². The molecular weight excluding hydrogens is 176 g/mol. The highest BCUT2D eigenvalue weighted by molar-refractivity contribution is 5.78. The summed E-state index contributed by atoms with van der Waals surface area (Å²) in [6.07, 6.45) is 0.977. The maximum atomic E-state index is 11.3. The van der Waals surface area contributed by atoms with Crippen LogP contribution in [0.5, 0.6) is 0 Å². The van der Waals surface area contributed by atoms with Gasteiger partial charge in [0.2, 0.25) is 5.91 Å². The Hall–Kier alpha value is -0.570. The smallest absolute Gasteiger partial charge is 0.234 e. The Labute approximate surface area is 87.6 Å². The maximum Gasteiger partial charge on any atom is 0.234 e. The van der Waals surface area contributed by atoms with Crippen LogP contribution in [0.1, 0.15) is 41.0 Å². The quantitative estimate of drug-likeness (QED) is 0.707. The van der Waals surface area contributed by atoms with Gasteiger partial charge in [-0.2, -0.15) is 0 Å². The van der Waals surface area contributed by atoms with E-state index in [0.29, 0.717) is 6.54 Å². The van der Waals surface area contributed by atoms with Gasteiger partial charge in [-0.15, -0.1) is 0 Å². The molecule has 0 aliphatic heterocycles. The molecule has 0 radical (unpaired) electrons. The number of rotatable bonds is 5. The Bertz CT molecular complexity index is 173. The van der Waals surface area contributed by atoms with Crippen molar-refractivity contribution >= 4 is 5.91 Å². The Kier molecular flexibility index (Phi) is 5.77. The first-order valence-electron chi connectivity index (χ1n) is 5.35. The molecular formula is C11H24N2O. The van der Waals surface area contributed by atoms with E-state index in [1.54, 1.807) is 0 Å². The lowest BCUT2D eigenvalue weighted by Crippen LogP contribution is -2.40. The van der Waals surface area contributed by atoms with Gasteiger partial charge in [-0.25, -0.2) is 0 Å². The van der Waals surface area contributed by atoms with Crippen molar-refractivity contribution in [2.75, 3.05) is 13.1 Å². The van der Waals surface area contributed by atoms with E-state index in [2.05, 4.69) is 38.3 Å². The van der Waals surface area contributed by atoms with Gasteiger partial charge in [0.25, 0.3) is 0 Å². The molecule has 14 heavy (non-hydrogen) atoms. The van der Waals surface area contributed by atoms with Crippen LogP contribution >= 0.6 is 0 Å². The van der Waals surface area contributed by atoms with Crippen molar-refractivity contribution in [3.05, 3.63) is 0 Å². The van der Waals surface area contributed by atoms with Crippen LogP contribution in [0, 0.1) is 5.41 Å². The summed E-state index contributed by atoms with van der Waals surface area (Å²) in [6, 6.07) is 0.277. The summed E-state index contributed by atoms with van der Waals surface area (Å²) in [7, 11) is 0. The van der Waals surface area contributed by atoms with Crippen molar-refractivity contribution in [3.63, 3.8) is 0 Å². The van der Waals surface area contributed by atoms with E-state index in [1.807, 2.05) is 6.92 Å². The molecule has 0 aliphatic carbocycles. The number of hydrogen-bond acceptors (Lipinski definition) is 2. The molecule has 0 saturated carbocycles. The molecule has 0 aromatic rings. The first-order chi connectivity index (χ1) is 6.35. The molecule has 0 fully saturated rings. The van der Waals surface area contributed by atoms with Crippen LogP contribution < -0.4 is 10.6 Å². The molecule has 0 rings (SSSR count). The molecule has 1 amide bonds. The molecule has 0 saturated heterocycles. The number of hydrogen-bond donors (Lipinski definition) is 2. The monoisotopic (exact) mass is 200 g/mol. The van der Waals surface area contributed by atoms with Gasteiger partial charge in [0.15, 0.2) is 0 Å². The second-order valence-electron chi connectivity index (χ2n) is 5.04. The number of amides is 1. The second kappa shape index (κ2) is 6.02. The largest absolute Gasteiger partial charge is 0.353 e. The molecule has 0 aliphatic rings. The van der Waals surface area contributed by atoms with Crippen molar-refractivity contribution in [2.45, 2.75) is 47.1 Å². The van der Waals surface area contributed by atoms with E-state index < -0.39 is 0 Å². The van der Waals surface area contributed by atoms with Crippen LogP contribution in [0.4, 0.5) is 0 Å². The molecule has 1 atom stereocenters. The molecule has 0 heterocycles. The first kappa shape index (κ1) is 13.4. The minimum Gasteiger partial charge on any atom is -0.353 e. The Morgan fingerprint density at radius 2 is 1.93 bits per heavy atom. The topological polar surface area (TPSA) is 41.1 Å². The number of carbonyl (C=O) groups is 1. The molecule has 0 spiro atoms. The molecule has 3 nitrogen and oxygen atoms in total. The predicted molar refractivity (Wildman–Crippen MR) is 60.2 cm³/mol. The Morgan fingerprint density at radius 3 is 2.36 bits per heavy atom. The van der Waals surface area contributed by atoms with Gasteiger partial charge in [-0.3, -0.25) is 4.79 Å². The lowest BCUT2D eigenvalue weighted by molar-refractivity contribution is -0.120. The van der Waals surface area contributed by atoms with Crippen LogP contribution in [0.3, 0.4) is 0 Å². The van der Waals surface area contributed by atoms with Crippen molar-refractivity contribution in [1.82, 2.24) is 10.6 Å². The fourth-order valence-electron chi connectivity index (χ4n) is 0.979. The minimum atomic E-state index is 0.0867. The molecule has 0 aromatic heterocycles.